The van der Waals surface area contributed by atoms with Gasteiger partial charge in [0.2, 0.25) is 0 Å². The molecule has 19 heavy (non-hydrogen) atoms. The third-order valence-corrected chi connectivity index (χ3v) is 3.03. The largest absolute Gasteiger partial charge is 0.478 e. The van der Waals surface area contributed by atoms with Gasteiger partial charge in [-0.2, -0.15) is 5.10 Å². The van der Waals surface area contributed by atoms with Gasteiger partial charge >= 0.3 is 5.97 Å². The van der Waals surface area contributed by atoms with Crippen molar-refractivity contribution in [2.24, 2.45) is 0 Å². The zero-order valence-corrected chi connectivity index (χ0v) is 11.4. The van der Waals surface area contributed by atoms with E-state index in [1.54, 1.807) is 10.9 Å². The van der Waals surface area contributed by atoms with Crippen molar-refractivity contribution in [3.05, 3.63) is 52.8 Å². The molecule has 0 aliphatic carbocycles. The summed E-state index contributed by atoms with van der Waals surface area (Å²) in [4.78, 5) is 11.2. The van der Waals surface area contributed by atoms with E-state index in [1.807, 2.05) is 45.0 Å². The van der Waals surface area contributed by atoms with Crippen LogP contribution in [0, 0.1) is 6.92 Å². The van der Waals surface area contributed by atoms with Gasteiger partial charge in [0.15, 0.2) is 0 Å². The van der Waals surface area contributed by atoms with E-state index < -0.39 is 5.97 Å². The summed E-state index contributed by atoms with van der Waals surface area (Å²) in [7, 11) is 0. The number of carboxylic acid groups (broad SMARTS) is 1. The van der Waals surface area contributed by atoms with Crippen LogP contribution in [-0.2, 0) is 6.54 Å². The SMILES string of the molecule is Cc1ccc(Cn2cc(C(=O)O)c(C(C)C)n2)cc1. The number of hydrogen-bond donors (Lipinski definition) is 1. The molecule has 0 fully saturated rings. The van der Waals surface area contributed by atoms with Gasteiger partial charge < -0.3 is 5.11 Å². The molecule has 1 aromatic heterocycles. The second kappa shape index (κ2) is 5.26. The molecule has 0 radical (unpaired) electrons. The minimum Gasteiger partial charge on any atom is -0.478 e. The third-order valence-electron chi connectivity index (χ3n) is 3.03. The van der Waals surface area contributed by atoms with Crippen LogP contribution in [0.1, 0.15) is 46.9 Å². The molecule has 4 nitrogen and oxygen atoms in total. The van der Waals surface area contributed by atoms with Gasteiger partial charge in [-0.15, -0.1) is 0 Å². The van der Waals surface area contributed by atoms with Gasteiger partial charge in [-0.05, 0) is 18.4 Å². The maximum Gasteiger partial charge on any atom is 0.339 e. The van der Waals surface area contributed by atoms with E-state index in [2.05, 4.69) is 5.10 Å². The molecule has 4 heteroatoms. The first-order valence-electron chi connectivity index (χ1n) is 6.33. The van der Waals surface area contributed by atoms with Gasteiger partial charge in [0.1, 0.15) is 5.56 Å². The second-order valence-corrected chi connectivity index (χ2v) is 5.07. The predicted octanol–water partition coefficient (Wildman–Crippen LogP) is 3.06. The van der Waals surface area contributed by atoms with Crippen LogP contribution in [0.5, 0.6) is 0 Å². The highest BCUT2D eigenvalue weighted by Crippen LogP contribution is 2.18. The van der Waals surface area contributed by atoms with Crippen LogP contribution >= 0.6 is 0 Å². The number of benzene rings is 1. The molecule has 0 atom stereocenters. The lowest BCUT2D eigenvalue weighted by atomic mass is 10.1. The van der Waals surface area contributed by atoms with Gasteiger partial charge in [0.25, 0.3) is 0 Å². The molecule has 0 spiro atoms. The minimum absolute atomic E-state index is 0.102. The second-order valence-electron chi connectivity index (χ2n) is 5.07. The highest BCUT2D eigenvalue weighted by molar-refractivity contribution is 5.88. The lowest BCUT2D eigenvalue weighted by Crippen LogP contribution is -2.02. The Bertz CT molecular complexity index is 583. The molecule has 0 saturated carbocycles. The molecular weight excluding hydrogens is 240 g/mol. The number of carbonyl (C=O) groups is 1. The zero-order chi connectivity index (χ0) is 14.0. The molecule has 0 aliphatic heterocycles. The highest BCUT2D eigenvalue weighted by atomic mass is 16.4. The third kappa shape index (κ3) is 3.02. The summed E-state index contributed by atoms with van der Waals surface area (Å²) in [5.74, 6) is -0.816. The Kier molecular flexibility index (Phi) is 3.69. The number of aromatic carboxylic acids is 1. The van der Waals surface area contributed by atoms with E-state index in [-0.39, 0.29) is 5.92 Å². The predicted molar refractivity (Wildman–Crippen MR) is 73.6 cm³/mol. The number of rotatable bonds is 4. The summed E-state index contributed by atoms with van der Waals surface area (Å²) in [6, 6.07) is 8.15. The van der Waals surface area contributed by atoms with Gasteiger partial charge in [-0.3, -0.25) is 4.68 Å². The van der Waals surface area contributed by atoms with Crippen molar-refractivity contribution in [1.82, 2.24) is 9.78 Å². The average molecular weight is 258 g/mol. The Labute approximate surface area is 112 Å². The van der Waals surface area contributed by atoms with Crippen molar-refractivity contribution < 1.29 is 9.90 Å². The lowest BCUT2D eigenvalue weighted by molar-refractivity contribution is 0.0695. The number of hydrogen-bond acceptors (Lipinski definition) is 2. The fourth-order valence-electron chi connectivity index (χ4n) is 1.99. The zero-order valence-electron chi connectivity index (χ0n) is 11.4. The Balaban J connectivity index is 2.28. The normalized spacial score (nSPS) is 10.9. The summed E-state index contributed by atoms with van der Waals surface area (Å²) in [6.07, 6.45) is 1.61. The van der Waals surface area contributed by atoms with Crippen LogP contribution in [-0.4, -0.2) is 20.9 Å². The molecule has 0 amide bonds. The van der Waals surface area contributed by atoms with Crippen LogP contribution in [0.3, 0.4) is 0 Å². The van der Waals surface area contributed by atoms with Gasteiger partial charge in [0, 0.05) is 6.20 Å². The van der Waals surface area contributed by atoms with Crippen molar-refractivity contribution in [3.63, 3.8) is 0 Å². The first-order chi connectivity index (χ1) is 8.97. The van der Waals surface area contributed by atoms with Gasteiger partial charge in [-0.1, -0.05) is 43.7 Å². The first-order valence-corrected chi connectivity index (χ1v) is 6.33. The van der Waals surface area contributed by atoms with Crippen LogP contribution in [0.4, 0.5) is 0 Å². The number of nitrogens with zero attached hydrogens (tertiary/aromatic N) is 2. The topological polar surface area (TPSA) is 55.1 Å². The first kappa shape index (κ1) is 13.3. The lowest BCUT2D eigenvalue weighted by Gasteiger charge is -2.03. The van der Waals surface area contributed by atoms with Crippen molar-refractivity contribution in [2.75, 3.05) is 0 Å². The molecule has 1 N–H and O–H groups in total. The van der Waals surface area contributed by atoms with Crippen LogP contribution in [0.25, 0.3) is 0 Å². The smallest absolute Gasteiger partial charge is 0.339 e. The van der Waals surface area contributed by atoms with E-state index in [0.29, 0.717) is 17.8 Å². The maximum atomic E-state index is 11.2. The Morgan fingerprint density at radius 3 is 2.42 bits per heavy atom. The molecule has 2 rings (SSSR count). The van der Waals surface area contributed by atoms with E-state index in [4.69, 9.17) is 0 Å². The fourth-order valence-corrected chi connectivity index (χ4v) is 1.99. The van der Waals surface area contributed by atoms with Crippen molar-refractivity contribution in [2.45, 2.75) is 33.2 Å². The molecule has 1 heterocycles. The monoisotopic (exact) mass is 258 g/mol. The molecule has 2 aromatic rings. The van der Waals surface area contributed by atoms with E-state index in [9.17, 15) is 9.90 Å². The Morgan fingerprint density at radius 2 is 1.95 bits per heavy atom. The maximum absolute atomic E-state index is 11.2. The van der Waals surface area contributed by atoms with Gasteiger partial charge in [-0.25, -0.2) is 4.79 Å². The number of aromatic nitrogens is 2. The standard InChI is InChI=1S/C15H18N2O2/c1-10(2)14-13(15(18)19)9-17(16-14)8-12-6-4-11(3)5-7-12/h4-7,9-10H,8H2,1-3H3,(H,18,19). The Morgan fingerprint density at radius 1 is 1.32 bits per heavy atom. The molecule has 0 unspecified atom stereocenters. The van der Waals surface area contributed by atoms with E-state index in [1.165, 1.54) is 5.56 Å². The Hall–Kier alpha value is -2.10. The quantitative estimate of drug-likeness (QED) is 0.917. The molecule has 0 bridgehead atoms. The summed E-state index contributed by atoms with van der Waals surface area (Å²) in [5, 5.41) is 13.6. The molecule has 100 valence electrons. The van der Waals surface area contributed by atoms with Crippen LogP contribution < -0.4 is 0 Å². The summed E-state index contributed by atoms with van der Waals surface area (Å²) >= 11 is 0. The van der Waals surface area contributed by atoms with Crippen LogP contribution in [0.15, 0.2) is 30.5 Å². The minimum atomic E-state index is -0.918. The van der Waals surface area contributed by atoms with Crippen molar-refractivity contribution in [3.8, 4) is 0 Å². The van der Waals surface area contributed by atoms with E-state index >= 15 is 0 Å². The number of carboxylic acids is 1. The average Bonchev–Trinajstić information content (AvgIpc) is 2.76. The van der Waals surface area contributed by atoms with Crippen molar-refractivity contribution >= 4 is 5.97 Å². The van der Waals surface area contributed by atoms with E-state index in [0.717, 1.165) is 5.56 Å². The summed E-state index contributed by atoms with van der Waals surface area (Å²) in [6.45, 7) is 6.53. The molecule has 0 saturated heterocycles. The molecule has 0 aliphatic rings. The fraction of sp³-hybridized carbons (Fsp3) is 0.333. The molecule has 1 aromatic carbocycles. The van der Waals surface area contributed by atoms with Gasteiger partial charge in [0.05, 0.1) is 12.2 Å². The summed E-state index contributed by atoms with van der Waals surface area (Å²) in [5.41, 5.74) is 3.25. The molecular formula is C15H18N2O2. The highest BCUT2D eigenvalue weighted by Gasteiger charge is 2.17. The number of aryl methyl sites for hydroxylation is 1. The van der Waals surface area contributed by atoms with Crippen molar-refractivity contribution in [1.29, 1.82) is 0 Å². The summed E-state index contributed by atoms with van der Waals surface area (Å²) < 4.78 is 1.70. The van der Waals surface area contributed by atoms with Crippen LogP contribution in [0.2, 0.25) is 0 Å².